The van der Waals surface area contributed by atoms with Gasteiger partial charge in [0.05, 0.1) is 10.6 Å². The Labute approximate surface area is 155 Å². The first-order chi connectivity index (χ1) is 13.0. The van der Waals surface area contributed by atoms with E-state index in [1.165, 1.54) is 28.6 Å². The summed E-state index contributed by atoms with van der Waals surface area (Å²) in [7, 11) is -3.82. The predicted molar refractivity (Wildman–Crippen MR) is 97.8 cm³/mol. The lowest BCUT2D eigenvalue weighted by Crippen LogP contribution is -2.35. The smallest absolute Gasteiger partial charge is 0.270 e. The Kier molecular flexibility index (Phi) is 4.11. The van der Waals surface area contributed by atoms with Gasteiger partial charge < -0.3 is 0 Å². The minimum Gasteiger partial charge on any atom is -0.288 e. The van der Waals surface area contributed by atoms with Gasteiger partial charge in [0.15, 0.2) is 0 Å². The van der Waals surface area contributed by atoms with Crippen LogP contribution < -0.4 is 9.62 Å². The fourth-order valence-corrected chi connectivity index (χ4v) is 4.94. The normalized spacial score (nSPS) is 16.2. The van der Waals surface area contributed by atoms with Crippen molar-refractivity contribution < 1.29 is 13.2 Å². The van der Waals surface area contributed by atoms with E-state index in [9.17, 15) is 13.2 Å². The molecule has 2 heterocycles. The van der Waals surface area contributed by atoms with Crippen molar-refractivity contribution in [3.05, 3.63) is 59.7 Å². The van der Waals surface area contributed by atoms with E-state index in [4.69, 9.17) is 0 Å². The molecule has 1 aliphatic heterocycles. The summed E-state index contributed by atoms with van der Waals surface area (Å²) < 4.78 is 27.9. The highest BCUT2D eigenvalue weighted by Gasteiger charge is 2.36. The Bertz CT molecular complexity index is 1100. The van der Waals surface area contributed by atoms with Crippen molar-refractivity contribution in [3.63, 3.8) is 0 Å². The number of anilines is 2. The molecule has 138 valence electrons. The zero-order valence-corrected chi connectivity index (χ0v) is 15.1. The summed E-state index contributed by atoms with van der Waals surface area (Å²) in [6.45, 7) is 1.87. The van der Waals surface area contributed by atoms with Crippen molar-refractivity contribution in [1.29, 1.82) is 0 Å². The van der Waals surface area contributed by atoms with E-state index < -0.39 is 15.9 Å². The first kappa shape index (κ1) is 17.2. The molecule has 1 aromatic heterocycles. The maximum absolute atomic E-state index is 13.3. The van der Waals surface area contributed by atoms with Gasteiger partial charge in [-0.1, -0.05) is 29.4 Å². The molecule has 3 aromatic rings. The van der Waals surface area contributed by atoms with E-state index in [0.717, 1.165) is 5.56 Å². The molecule has 1 amide bonds. The van der Waals surface area contributed by atoms with E-state index in [2.05, 4.69) is 25.9 Å². The lowest BCUT2D eigenvalue weighted by molar-refractivity contribution is 0.102. The zero-order chi connectivity index (χ0) is 19.0. The Morgan fingerprint density at radius 2 is 2.04 bits per heavy atom. The Balaban J connectivity index is 1.68. The molecule has 27 heavy (non-hydrogen) atoms. The number of carbonyl (C=O) groups is 1. The van der Waals surface area contributed by atoms with Crippen LogP contribution >= 0.6 is 0 Å². The molecule has 4 rings (SSSR count). The second kappa shape index (κ2) is 6.47. The molecule has 1 atom stereocenters. The summed E-state index contributed by atoms with van der Waals surface area (Å²) >= 11 is 0. The van der Waals surface area contributed by atoms with Gasteiger partial charge in [0.1, 0.15) is 0 Å². The molecule has 1 aliphatic rings. The van der Waals surface area contributed by atoms with Crippen molar-refractivity contribution in [2.75, 3.05) is 9.62 Å². The molecular formula is C17H16N6O3S. The number of rotatable bonds is 4. The summed E-state index contributed by atoms with van der Waals surface area (Å²) in [4.78, 5) is 12.4. The Morgan fingerprint density at radius 3 is 2.81 bits per heavy atom. The lowest BCUT2D eigenvalue weighted by atomic mass is 10.1. The summed E-state index contributed by atoms with van der Waals surface area (Å²) in [6.07, 6.45) is 0.646. The molecule has 9 nitrogen and oxygen atoms in total. The van der Waals surface area contributed by atoms with E-state index in [0.29, 0.717) is 12.1 Å². The molecule has 1 unspecified atom stereocenters. The number of nitrogens with zero attached hydrogens (tertiary/aromatic N) is 4. The van der Waals surface area contributed by atoms with E-state index in [1.807, 2.05) is 25.1 Å². The van der Waals surface area contributed by atoms with Crippen molar-refractivity contribution in [3.8, 4) is 0 Å². The van der Waals surface area contributed by atoms with Gasteiger partial charge in [0.2, 0.25) is 0 Å². The van der Waals surface area contributed by atoms with Gasteiger partial charge in [-0.25, -0.2) is 8.42 Å². The van der Waals surface area contributed by atoms with E-state index in [1.54, 1.807) is 6.07 Å². The lowest BCUT2D eigenvalue weighted by Gasteiger charge is -2.24. The summed E-state index contributed by atoms with van der Waals surface area (Å²) in [5.74, 6) is -0.515. The summed E-state index contributed by atoms with van der Waals surface area (Å²) in [5, 5.41) is 15.3. The maximum atomic E-state index is 13.3. The number of amides is 1. The maximum Gasteiger partial charge on any atom is 0.270 e. The second-order valence-electron chi connectivity index (χ2n) is 6.20. The SMILES string of the molecule is CC1Cc2ccccc2N1S(=O)(=O)c1cccc(C(=O)Nc2nn[nH]n2)c1. The number of carbonyl (C=O) groups excluding carboxylic acids is 1. The molecule has 0 radical (unpaired) electrons. The van der Waals surface area contributed by atoms with Crippen LogP contribution in [0.15, 0.2) is 53.4 Å². The van der Waals surface area contributed by atoms with E-state index in [-0.39, 0.29) is 22.4 Å². The molecular weight excluding hydrogens is 368 g/mol. The first-order valence-electron chi connectivity index (χ1n) is 8.24. The highest BCUT2D eigenvalue weighted by Crippen LogP contribution is 2.36. The van der Waals surface area contributed by atoms with Gasteiger partial charge in [0, 0.05) is 11.6 Å². The Morgan fingerprint density at radius 1 is 1.22 bits per heavy atom. The molecule has 0 bridgehead atoms. The van der Waals surface area contributed by atoms with Crippen LogP contribution in [0.4, 0.5) is 11.6 Å². The third kappa shape index (κ3) is 3.04. The monoisotopic (exact) mass is 384 g/mol. The minimum absolute atomic E-state index is 0.00959. The highest BCUT2D eigenvalue weighted by molar-refractivity contribution is 7.92. The zero-order valence-electron chi connectivity index (χ0n) is 14.3. The topological polar surface area (TPSA) is 121 Å². The van der Waals surface area contributed by atoms with Crippen LogP contribution in [0.5, 0.6) is 0 Å². The largest absolute Gasteiger partial charge is 0.288 e. The highest BCUT2D eigenvalue weighted by atomic mass is 32.2. The third-order valence-corrected chi connectivity index (χ3v) is 6.29. The quantitative estimate of drug-likeness (QED) is 0.705. The number of sulfonamides is 1. The molecule has 0 fully saturated rings. The summed E-state index contributed by atoms with van der Waals surface area (Å²) in [5.41, 5.74) is 1.84. The van der Waals surface area contributed by atoms with Crippen molar-refractivity contribution in [2.24, 2.45) is 0 Å². The molecule has 2 aromatic carbocycles. The molecule has 0 aliphatic carbocycles. The average Bonchev–Trinajstić information content (AvgIpc) is 3.28. The number of hydrogen-bond acceptors (Lipinski definition) is 6. The number of fused-ring (bicyclic) bond motifs is 1. The van der Waals surface area contributed by atoms with Gasteiger partial charge in [-0.15, -0.1) is 5.10 Å². The standard InChI is InChI=1S/C17H16N6O3S/c1-11-9-12-5-2-3-8-15(12)23(11)27(25,26)14-7-4-6-13(10-14)16(24)18-17-19-21-22-20-17/h2-8,10-11H,9H2,1H3,(H2,18,19,20,21,22,24). The number of H-pyrrole nitrogens is 1. The van der Waals surface area contributed by atoms with Gasteiger partial charge in [-0.3, -0.25) is 14.4 Å². The molecule has 0 saturated heterocycles. The Hall–Kier alpha value is -3.27. The fourth-order valence-electron chi connectivity index (χ4n) is 3.20. The predicted octanol–water partition coefficient (Wildman–Crippen LogP) is 1.59. The van der Waals surface area contributed by atoms with Crippen LogP contribution in [0.25, 0.3) is 0 Å². The minimum atomic E-state index is -3.82. The number of para-hydroxylation sites is 1. The fraction of sp³-hybridized carbons (Fsp3) is 0.176. The van der Waals surface area contributed by atoms with Crippen molar-refractivity contribution in [2.45, 2.75) is 24.3 Å². The number of hydrogen-bond donors (Lipinski definition) is 2. The van der Waals surface area contributed by atoms with E-state index >= 15 is 0 Å². The number of aromatic nitrogens is 4. The van der Waals surface area contributed by atoms with Gasteiger partial charge in [-0.05, 0) is 48.4 Å². The molecule has 2 N–H and O–H groups in total. The molecule has 0 saturated carbocycles. The van der Waals surface area contributed by atoms with Gasteiger partial charge >= 0.3 is 0 Å². The van der Waals surface area contributed by atoms with Crippen LogP contribution in [0.3, 0.4) is 0 Å². The average molecular weight is 384 g/mol. The van der Waals surface area contributed by atoms with Gasteiger partial charge in [0.25, 0.3) is 21.9 Å². The van der Waals surface area contributed by atoms with Crippen LogP contribution in [-0.4, -0.2) is 41.0 Å². The van der Waals surface area contributed by atoms with Crippen LogP contribution in [0.2, 0.25) is 0 Å². The number of nitrogens with one attached hydrogen (secondary N) is 2. The number of tetrazole rings is 1. The number of aromatic amines is 1. The first-order valence-corrected chi connectivity index (χ1v) is 9.68. The van der Waals surface area contributed by atoms with Crippen LogP contribution in [0, 0.1) is 0 Å². The van der Waals surface area contributed by atoms with Crippen LogP contribution in [0.1, 0.15) is 22.8 Å². The summed E-state index contributed by atoms with van der Waals surface area (Å²) in [6, 6.07) is 13.1. The van der Waals surface area contributed by atoms with Crippen molar-refractivity contribution >= 4 is 27.6 Å². The van der Waals surface area contributed by atoms with Crippen LogP contribution in [-0.2, 0) is 16.4 Å². The second-order valence-corrected chi connectivity index (χ2v) is 8.02. The van der Waals surface area contributed by atoms with Crippen molar-refractivity contribution in [1.82, 2.24) is 20.6 Å². The number of benzene rings is 2. The van der Waals surface area contributed by atoms with Gasteiger partial charge in [-0.2, -0.15) is 5.21 Å². The third-order valence-electron chi connectivity index (χ3n) is 4.37. The molecule has 10 heteroatoms. The molecule has 0 spiro atoms.